The van der Waals surface area contributed by atoms with Gasteiger partial charge in [0.25, 0.3) is 0 Å². The number of carbonyl (C=O) groups is 1. The molecule has 2 heterocycles. The lowest BCUT2D eigenvalue weighted by Crippen LogP contribution is -2.50. The molecule has 1 fully saturated rings. The van der Waals surface area contributed by atoms with E-state index in [1.165, 1.54) is 0 Å². The molecule has 1 saturated heterocycles. The van der Waals surface area contributed by atoms with Crippen LogP contribution in [0.4, 0.5) is 0 Å². The highest BCUT2D eigenvalue weighted by Gasteiger charge is 2.20. The van der Waals surface area contributed by atoms with Gasteiger partial charge in [-0.05, 0) is 12.1 Å². The second-order valence-electron chi connectivity index (χ2n) is 5.15. The molecule has 6 nitrogen and oxygen atoms in total. The Balaban J connectivity index is 0. The van der Waals surface area contributed by atoms with Crippen LogP contribution in [0.5, 0.6) is 0 Å². The van der Waals surface area contributed by atoms with Crippen LogP contribution in [0.15, 0.2) is 24.4 Å². The van der Waals surface area contributed by atoms with E-state index in [0.717, 1.165) is 38.4 Å². The Kier molecular flexibility index (Phi) is 15.7. The van der Waals surface area contributed by atoms with Crippen LogP contribution in [-0.2, 0) is 16.1 Å². The van der Waals surface area contributed by atoms with Gasteiger partial charge in [-0.25, -0.2) is 0 Å². The minimum Gasteiger partial charge on any atom is -0.383 e. The van der Waals surface area contributed by atoms with Crippen LogP contribution in [0.25, 0.3) is 0 Å². The summed E-state index contributed by atoms with van der Waals surface area (Å²) in [5, 5.41) is 3.09. The average Bonchev–Trinajstić information content (AvgIpc) is 2.53. The molecule has 0 unspecified atom stereocenters. The molecular weight excluding hydrogens is 375 g/mol. The minimum atomic E-state index is 0. The Morgan fingerprint density at radius 1 is 1.21 bits per heavy atom. The number of amides is 1. The predicted molar refractivity (Wildman–Crippen MR) is 103 cm³/mol. The van der Waals surface area contributed by atoms with Crippen molar-refractivity contribution in [1.29, 1.82) is 0 Å². The van der Waals surface area contributed by atoms with Crippen molar-refractivity contribution in [2.24, 2.45) is 0 Å². The molecule has 0 radical (unpaired) electrons. The normalized spacial score (nSPS) is 14.1. The highest BCUT2D eigenvalue weighted by molar-refractivity contribution is 5.86. The number of nitrogens with zero attached hydrogens (tertiary/aromatic N) is 3. The SMILES string of the molecule is COCCNCC(=O)N1CCN(Cc2ccccn2)CC1.Cl.Cl.Cl. The minimum absolute atomic E-state index is 0. The van der Waals surface area contributed by atoms with Crippen molar-refractivity contribution < 1.29 is 9.53 Å². The fourth-order valence-corrected chi connectivity index (χ4v) is 2.36. The monoisotopic (exact) mass is 400 g/mol. The number of nitrogens with one attached hydrogen (secondary N) is 1. The molecule has 9 heteroatoms. The Labute approximate surface area is 162 Å². The summed E-state index contributed by atoms with van der Waals surface area (Å²) in [7, 11) is 1.66. The Bertz CT molecular complexity index is 432. The molecule has 140 valence electrons. The Morgan fingerprint density at radius 3 is 2.50 bits per heavy atom. The van der Waals surface area contributed by atoms with Gasteiger partial charge in [-0.15, -0.1) is 37.2 Å². The number of ether oxygens (including phenoxy) is 1. The molecule has 0 saturated carbocycles. The van der Waals surface area contributed by atoms with Gasteiger partial charge in [-0.1, -0.05) is 6.07 Å². The predicted octanol–water partition coefficient (Wildman–Crippen LogP) is 1.23. The van der Waals surface area contributed by atoms with Gasteiger partial charge in [0, 0.05) is 52.6 Å². The number of rotatable bonds is 7. The highest BCUT2D eigenvalue weighted by atomic mass is 35.5. The Morgan fingerprint density at radius 2 is 1.92 bits per heavy atom. The molecule has 1 aromatic rings. The summed E-state index contributed by atoms with van der Waals surface area (Å²) in [6, 6.07) is 5.97. The van der Waals surface area contributed by atoms with Crippen molar-refractivity contribution in [3.8, 4) is 0 Å². The van der Waals surface area contributed by atoms with Crippen LogP contribution in [0.3, 0.4) is 0 Å². The smallest absolute Gasteiger partial charge is 0.236 e. The maximum Gasteiger partial charge on any atom is 0.236 e. The average molecular weight is 402 g/mol. The van der Waals surface area contributed by atoms with Crippen molar-refractivity contribution in [3.63, 3.8) is 0 Å². The number of methoxy groups -OCH3 is 1. The molecule has 0 aliphatic carbocycles. The maximum absolute atomic E-state index is 12.0. The van der Waals surface area contributed by atoms with E-state index < -0.39 is 0 Å². The van der Waals surface area contributed by atoms with E-state index in [2.05, 4.69) is 15.2 Å². The summed E-state index contributed by atoms with van der Waals surface area (Å²) >= 11 is 0. The van der Waals surface area contributed by atoms with E-state index >= 15 is 0 Å². The standard InChI is InChI=1S/C15H24N4O2.3ClH/c1-21-11-6-16-12-15(20)19-9-7-18(8-10-19)13-14-4-2-3-5-17-14;;;/h2-5,16H,6-13H2,1H3;3*1H. The first-order chi connectivity index (χ1) is 10.3. The van der Waals surface area contributed by atoms with E-state index in [9.17, 15) is 4.79 Å². The largest absolute Gasteiger partial charge is 0.383 e. The van der Waals surface area contributed by atoms with Crippen LogP contribution in [-0.4, -0.2) is 73.7 Å². The van der Waals surface area contributed by atoms with Crippen LogP contribution in [0.2, 0.25) is 0 Å². The lowest BCUT2D eigenvalue weighted by Gasteiger charge is -2.34. The lowest BCUT2D eigenvalue weighted by atomic mass is 10.2. The molecule has 1 aliphatic heterocycles. The second kappa shape index (κ2) is 14.7. The van der Waals surface area contributed by atoms with Gasteiger partial charge in [-0.3, -0.25) is 14.7 Å². The third-order valence-electron chi connectivity index (χ3n) is 3.60. The molecule has 2 rings (SSSR count). The topological polar surface area (TPSA) is 57.7 Å². The first-order valence-electron chi connectivity index (χ1n) is 7.39. The van der Waals surface area contributed by atoms with Crippen LogP contribution in [0.1, 0.15) is 5.69 Å². The Hall–Kier alpha value is -0.630. The zero-order valence-electron chi connectivity index (χ0n) is 13.8. The number of aromatic nitrogens is 1. The molecule has 1 aromatic heterocycles. The number of halogens is 3. The number of hydrogen-bond acceptors (Lipinski definition) is 5. The molecule has 24 heavy (non-hydrogen) atoms. The number of pyridine rings is 1. The van der Waals surface area contributed by atoms with Crippen LogP contribution >= 0.6 is 37.2 Å². The molecule has 0 aromatic carbocycles. The molecule has 1 amide bonds. The summed E-state index contributed by atoms with van der Waals surface area (Å²) in [6.45, 7) is 5.97. The molecule has 1 N–H and O–H groups in total. The van der Waals surface area contributed by atoms with Gasteiger partial charge in [0.05, 0.1) is 18.8 Å². The number of carbonyl (C=O) groups excluding carboxylic acids is 1. The van der Waals surface area contributed by atoms with Crippen LogP contribution < -0.4 is 5.32 Å². The number of piperazine rings is 1. The van der Waals surface area contributed by atoms with Gasteiger partial charge in [-0.2, -0.15) is 0 Å². The van der Waals surface area contributed by atoms with E-state index in [4.69, 9.17) is 4.74 Å². The van der Waals surface area contributed by atoms with E-state index in [1.807, 2.05) is 29.3 Å². The molecular formula is C15H27Cl3N4O2. The summed E-state index contributed by atoms with van der Waals surface area (Å²) in [4.78, 5) is 20.6. The fourth-order valence-electron chi connectivity index (χ4n) is 2.36. The van der Waals surface area contributed by atoms with E-state index in [-0.39, 0.29) is 43.1 Å². The van der Waals surface area contributed by atoms with Crippen molar-refractivity contribution >= 4 is 43.1 Å². The molecule has 1 aliphatic rings. The van der Waals surface area contributed by atoms with Crippen molar-refractivity contribution in [2.45, 2.75) is 6.54 Å². The highest BCUT2D eigenvalue weighted by Crippen LogP contribution is 2.06. The van der Waals surface area contributed by atoms with Gasteiger partial charge in [0.1, 0.15) is 0 Å². The maximum atomic E-state index is 12.0. The lowest BCUT2D eigenvalue weighted by molar-refractivity contribution is -0.132. The van der Waals surface area contributed by atoms with Crippen LogP contribution in [0, 0.1) is 0 Å². The van der Waals surface area contributed by atoms with Crippen molar-refractivity contribution in [2.75, 3.05) is 53.0 Å². The molecule has 0 spiro atoms. The third kappa shape index (κ3) is 9.01. The summed E-state index contributed by atoms with van der Waals surface area (Å²) < 4.78 is 4.94. The first-order valence-corrected chi connectivity index (χ1v) is 7.39. The zero-order chi connectivity index (χ0) is 14.9. The first kappa shape index (κ1) is 25.6. The summed E-state index contributed by atoms with van der Waals surface area (Å²) in [6.07, 6.45) is 1.82. The summed E-state index contributed by atoms with van der Waals surface area (Å²) in [5.74, 6) is 0.170. The zero-order valence-corrected chi connectivity index (χ0v) is 16.3. The van der Waals surface area contributed by atoms with Gasteiger partial charge < -0.3 is 15.0 Å². The van der Waals surface area contributed by atoms with E-state index in [1.54, 1.807) is 7.11 Å². The van der Waals surface area contributed by atoms with Crippen molar-refractivity contribution in [1.82, 2.24) is 20.1 Å². The third-order valence-corrected chi connectivity index (χ3v) is 3.60. The molecule has 0 atom stereocenters. The quantitative estimate of drug-likeness (QED) is 0.696. The fraction of sp³-hybridized carbons (Fsp3) is 0.600. The van der Waals surface area contributed by atoms with Crippen molar-refractivity contribution in [3.05, 3.63) is 30.1 Å². The van der Waals surface area contributed by atoms with Gasteiger partial charge in [0.15, 0.2) is 0 Å². The molecule has 0 bridgehead atoms. The summed E-state index contributed by atoms with van der Waals surface area (Å²) in [5.41, 5.74) is 1.08. The van der Waals surface area contributed by atoms with Gasteiger partial charge in [0.2, 0.25) is 5.91 Å². The number of hydrogen-bond donors (Lipinski definition) is 1. The van der Waals surface area contributed by atoms with E-state index in [0.29, 0.717) is 19.7 Å². The van der Waals surface area contributed by atoms with Gasteiger partial charge >= 0.3 is 0 Å². The second-order valence-corrected chi connectivity index (χ2v) is 5.15.